The van der Waals surface area contributed by atoms with Crippen molar-refractivity contribution in [2.24, 2.45) is 0 Å². The number of aryl methyl sites for hydroxylation is 2. The van der Waals surface area contributed by atoms with Crippen LogP contribution < -0.4 is 4.74 Å². The highest BCUT2D eigenvalue weighted by Gasteiger charge is 2.13. The van der Waals surface area contributed by atoms with Crippen LogP contribution in [0.25, 0.3) is 0 Å². The van der Waals surface area contributed by atoms with Gasteiger partial charge < -0.3 is 14.7 Å². The van der Waals surface area contributed by atoms with Crippen LogP contribution in [0.5, 0.6) is 5.75 Å². The summed E-state index contributed by atoms with van der Waals surface area (Å²) in [7, 11) is 3.42. The topological polar surface area (TPSA) is 49.8 Å². The van der Waals surface area contributed by atoms with Crippen LogP contribution in [-0.2, 0) is 11.3 Å². The molecule has 1 rings (SSSR count). The summed E-state index contributed by atoms with van der Waals surface area (Å²) in [5.41, 5.74) is 3.25. The van der Waals surface area contributed by atoms with Crippen molar-refractivity contribution in [3.05, 3.63) is 28.8 Å². The lowest BCUT2D eigenvalue weighted by Crippen LogP contribution is -2.26. The van der Waals surface area contributed by atoms with Crippen molar-refractivity contribution in [1.82, 2.24) is 4.90 Å². The van der Waals surface area contributed by atoms with Gasteiger partial charge in [0.1, 0.15) is 5.75 Å². The van der Waals surface area contributed by atoms with Crippen LogP contribution in [0.15, 0.2) is 12.1 Å². The van der Waals surface area contributed by atoms with Gasteiger partial charge in [-0.05, 0) is 25.8 Å². The number of aliphatic hydroxyl groups excluding tert-OH is 1. The second-order valence-electron chi connectivity index (χ2n) is 4.85. The first kappa shape index (κ1) is 15.5. The van der Waals surface area contributed by atoms with Crippen LogP contribution in [0, 0.1) is 13.8 Å². The van der Waals surface area contributed by atoms with E-state index in [0.717, 1.165) is 22.4 Å². The van der Waals surface area contributed by atoms with Gasteiger partial charge in [-0.3, -0.25) is 4.79 Å². The number of hydrogen-bond acceptors (Lipinski definition) is 3. The van der Waals surface area contributed by atoms with Crippen LogP contribution in [0.2, 0.25) is 0 Å². The molecule has 1 aromatic rings. The molecule has 0 aliphatic carbocycles. The maximum atomic E-state index is 11.8. The van der Waals surface area contributed by atoms with Crippen molar-refractivity contribution in [2.45, 2.75) is 33.2 Å². The van der Waals surface area contributed by atoms with E-state index < -0.39 is 0 Å². The lowest BCUT2D eigenvalue weighted by atomic mass is 10.0. The Hall–Kier alpha value is -1.55. The Morgan fingerprint density at radius 3 is 2.63 bits per heavy atom. The number of carbonyl (C=O) groups excluding carboxylic acids is 1. The summed E-state index contributed by atoms with van der Waals surface area (Å²) >= 11 is 0. The predicted octanol–water partition coefficient (Wildman–Crippen LogP) is 2.04. The maximum absolute atomic E-state index is 11.8. The van der Waals surface area contributed by atoms with Crippen molar-refractivity contribution < 1.29 is 14.6 Å². The Bertz CT molecular complexity index is 443. The van der Waals surface area contributed by atoms with E-state index in [-0.39, 0.29) is 12.5 Å². The van der Waals surface area contributed by atoms with Crippen molar-refractivity contribution in [1.29, 1.82) is 0 Å². The fourth-order valence-electron chi connectivity index (χ4n) is 2.22. The number of methoxy groups -OCH3 is 1. The molecular weight excluding hydrogens is 242 g/mol. The van der Waals surface area contributed by atoms with Crippen LogP contribution in [0.1, 0.15) is 29.5 Å². The second-order valence-corrected chi connectivity index (χ2v) is 4.85. The van der Waals surface area contributed by atoms with Crippen molar-refractivity contribution >= 4 is 5.91 Å². The van der Waals surface area contributed by atoms with Gasteiger partial charge in [-0.25, -0.2) is 0 Å². The van der Waals surface area contributed by atoms with Gasteiger partial charge >= 0.3 is 0 Å². The van der Waals surface area contributed by atoms with Crippen LogP contribution in [-0.4, -0.2) is 36.7 Å². The Balaban J connectivity index is 2.83. The van der Waals surface area contributed by atoms with Gasteiger partial charge in [-0.15, -0.1) is 0 Å². The number of nitrogens with zero attached hydrogens (tertiary/aromatic N) is 1. The first-order chi connectivity index (χ1) is 8.99. The summed E-state index contributed by atoms with van der Waals surface area (Å²) < 4.78 is 5.41. The number of carbonyl (C=O) groups is 1. The van der Waals surface area contributed by atoms with Gasteiger partial charge in [-0.1, -0.05) is 17.7 Å². The van der Waals surface area contributed by atoms with E-state index in [1.165, 1.54) is 0 Å². The number of aliphatic hydroxyl groups is 1. The van der Waals surface area contributed by atoms with Gasteiger partial charge in [0.15, 0.2) is 0 Å². The molecule has 1 N–H and O–H groups in total. The zero-order valence-electron chi connectivity index (χ0n) is 12.2. The number of rotatable bonds is 6. The summed E-state index contributed by atoms with van der Waals surface area (Å²) in [6.07, 6.45) is 0.882. The normalized spacial score (nSPS) is 10.4. The molecule has 106 valence electrons. The standard InChI is InChI=1S/C15H23NO3/c1-11-8-12(2)15(19-4)13(9-11)10-16(3)14(18)6-5-7-17/h8-9,17H,5-7,10H2,1-4H3. The average molecular weight is 265 g/mol. The van der Waals surface area contributed by atoms with Crippen LogP contribution in [0.3, 0.4) is 0 Å². The Morgan fingerprint density at radius 1 is 1.37 bits per heavy atom. The smallest absolute Gasteiger partial charge is 0.222 e. The molecule has 1 aromatic carbocycles. The lowest BCUT2D eigenvalue weighted by molar-refractivity contribution is -0.130. The summed E-state index contributed by atoms with van der Waals surface area (Å²) in [4.78, 5) is 13.5. The van der Waals surface area contributed by atoms with Crippen LogP contribution in [0.4, 0.5) is 0 Å². The Labute approximate surface area is 115 Å². The molecule has 0 aromatic heterocycles. The first-order valence-electron chi connectivity index (χ1n) is 6.48. The highest BCUT2D eigenvalue weighted by molar-refractivity contribution is 5.76. The Morgan fingerprint density at radius 2 is 2.05 bits per heavy atom. The summed E-state index contributed by atoms with van der Waals surface area (Å²) in [6.45, 7) is 4.61. The molecule has 4 heteroatoms. The number of amides is 1. The molecule has 0 saturated heterocycles. The van der Waals surface area contributed by atoms with Gasteiger partial charge in [0.05, 0.1) is 7.11 Å². The molecule has 0 aliphatic rings. The van der Waals surface area contributed by atoms with E-state index in [4.69, 9.17) is 9.84 Å². The number of benzene rings is 1. The molecule has 0 radical (unpaired) electrons. The minimum Gasteiger partial charge on any atom is -0.496 e. The molecule has 0 atom stereocenters. The van der Waals surface area contributed by atoms with Gasteiger partial charge in [0.2, 0.25) is 5.91 Å². The van der Waals surface area contributed by atoms with E-state index >= 15 is 0 Å². The summed E-state index contributed by atoms with van der Waals surface area (Å²) in [6, 6.07) is 4.11. The molecule has 4 nitrogen and oxygen atoms in total. The highest BCUT2D eigenvalue weighted by atomic mass is 16.5. The van der Waals surface area contributed by atoms with E-state index in [1.54, 1.807) is 19.1 Å². The first-order valence-corrected chi connectivity index (χ1v) is 6.48. The van der Waals surface area contributed by atoms with E-state index in [0.29, 0.717) is 19.4 Å². The minimum atomic E-state index is 0.0373. The molecule has 19 heavy (non-hydrogen) atoms. The SMILES string of the molecule is COc1c(C)cc(C)cc1CN(C)C(=O)CCCO. The Kier molecular flexibility index (Phi) is 5.83. The number of ether oxygens (including phenoxy) is 1. The fraction of sp³-hybridized carbons (Fsp3) is 0.533. The van der Waals surface area contributed by atoms with E-state index in [1.807, 2.05) is 19.9 Å². The third-order valence-electron chi connectivity index (χ3n) is 3.08. The van der Waals surface area contributed by atoms with Crippen molar-refractivity contribution in [2.75, 3.05) is 20.8 Å². The van der Waals surface area contributed by atoms with E-state index in [9.17, 15) is 4.79 Å². The molecule has 1 amide bonds. The number of hydrogen-bond donors (Lipinski definition) is 1. The van der Waals surface area contributed by atoms with Crippen molar-refractivity contribution in [3.8, 4) is 5.75 Å². The second kappa shape index (κ2) is 7.14. The molecule has 0 aliphatic heterocycles. The van der Waals surface area contributed by atoms with Gasteiger partial charge in [-0.2, -0.15) is 0 Å². The predicted molar refractivity (Wildman–Crippen MR) is 75.3 cm³/mol. The molecule has 0 bridgehead atoms. The van der Waals surface area contributed by atoms with Crippen molar-refractivity contribution in [3.63, 3.8) is 0 Å². The summed E-state index contributed by atoms with van der Waals surface area (Å²) in [5.74, 6) is 0.877. The molecule has 0 spiro atoms. The third-order valence-corrected chi connectivity index (χ3v) is 3.08. The molecule has 0 unspecified atom stereocenters. The molecule has 0 heterocycles. The minimum absolute atomic E-state index is 0.0373. The average Bonchev–Trinajstić information content (AvgIpc) is 2.35. The largest absolute Gasteiger partial charge is 0.496 e. The lowest BCUT2D eigenvalue weighted by Gasteiger charge is -2.20. The molecular formula is C15H23NO3. The van der Waals surface area contributed by atoms with Gasteiger partial charge in [0, 0.05) is 32.2 Å². The molecule has 0 saturated carbocycles. The van der Waals surface area contributed by atoms with E-state index in [2.05, 4.69) is 6.07 Å². The zero-order valence-corrected chi connectivity index (χ0v) is 12.2. The highest BCUT2D eigenvalue weighted by Crippen LogP contribution is 2.26. The molecule has 0 fully saturated rings. The maximum Gasteiger partial charge on any atom is 0.222 e. The monoisotopic (exact) mass is 265 g/mol. The third kappa shape index (κ3) is 4.24. The quantitative estimate of drug-likeness (QED) is 0.856. The fourth-order valence-corrected chi connectivity index (χ4v) is 2.22. The summed E-state index contributed by atoms with van der Waals surface area (Å²) in [5, 5.41) is 8.75. The zero-order chi connectivity index (χ0) is 14.4. The van der Waals surface area contributed by atoms with Gasteiger partial charge in [0.25, 0.3) is 0 Å². The van der Waals surface area contributed by atoms with Crippen LogP contribution >= 0.6 is 0 Å².